The number of aliphatic imine (C=N–C) groups is 1. The van der Waals surface area contributed by atoms with E-state index in [9.17, 15) is 26.4 Å². The van der Waals surface area contributed by atoms with E-state index in [1.807, 2.05) is 0 Å². The van der Waals surface area contributed by atoms with Gasteiger partial charge in [-0.3, -0.25) is 4.79 Å². The summed E-state index contributed by atoms with van der Waals surface area (Å²) >= 11 is 1.13. The Labute approximate surface area is 164 Å². The van der Waals surface area contributed by atoms with Gasteiger partial charge < -0.3 is 9.64 Å². The molecule has 152 valence electrons. The summed E-state index contributed by atoms with van der Waals surface area (Å²) in [7, 11) is -3.30. The van der Waals surface area contributed by atoms with Crippen molar-refractivity contribution in [2.24, 2.45) is 4.99 Å². The van der Waals surface area contributed by atoms with Crippen molar-refractivity contribution in [1.82, 2.24) is 0 Å². The number of amides is 1. The molecule has 0 unspecified atom stereocenters. The van der Waals surface area contributed by atoms with E-state index >= 15 is 0 Å². The van der Waals surface area contributed by atoms with E-state index < -0.39 is 39.6 Å². The molecular weight excluding hydrogens is 417 g/mol. The van der Waals surface area contributed by atoms with E-state index in [2.05, 4.69) is 4.99 Å². The lowest BCUT2D eigenvalue weighted by molar-refractivity contribution is -0.137. The number of halogens is 3. The number of carbonyl (C=O) groups excluding carboxylic acids is 1. The fourth-order valence-electron chi connectivity index (χ4n) is 3.64. The van der Waals surface area contributed by atoms with Crippen LogP contribution in [0.15, 0.2) is 29.3 Å². The molecular formula is C17H17F3N2O4S2. The minimum absolute atomic E-state index is 0.0923. The monoisotopic (exact) mass is 434 g/mol. The first-order valence-corrected chi connectivity index (χ1v) is 11.4. The number of nitrogens with zero attached hydrogens (tertiary/aromatic N) is 2. The van der Waals surface area contributed by atoms with Crippen LogP contribution in [0.2, 0.25) is 0 Å². The molecule has 0 radical (unpaired) electrons. The van der Waals surface area contributed by atoms with E-state index in [-0.39, 0.29) is 27.6 Å². The molecule has 1 aromatic rings. The minimum atomic E-state index is -4.53. The smallest absolute Gasteiger partial charge is 0.368 e. The lowest BCUT2D eigenvalue weighted by Crippen LogP contribution is -2.38. The molecule has 6 nitrogen and oxygen atoms in total. The number of hydrogen-bond donors (Lipinski definition) is 0. The number of anilines is 1. The fourth-order valence-corrected chi connectivity index (χ4v) is 7.56. The van der Waals surface area contributed by atoms with Crippen molar-refractivity contribution in [3.05, 3.63) is 29.8 Å². The molecule has 3 aliphatic heterocycles. The zero-order chi connectivity index (χ0) is 20.1. The largest absolute Gasteiger partial charge is 0.416 e. The summed E-state index contributed by atoms with van der Waals surface area (Å²) in [6.45, 7) is 0.467. The second kappa shape index (κ2) is 7.03. The van der Waals surface area contributed by atoms with E-state index in [4.69, 9.17) is 4.74 Å². The van der Waals surface area contributed by atoms with Crippen LogP contribution in [0.5, 0.6) is 0 Å². The van der Waals surface area contributed by atoms with Crippen molar-refractivity contribution in [3.63, 3.8) is 0 Å². The molecule has 1 amide bonds. The molecule has 0 N–H and O–H groups in total. The Morgan fingerprint density at radius 1 is 1.29 bits per heavy atom. The van der Waals surface area contributed by atoms with Gasteiger partial charge in [0.1, 0.15) is 6.10 Å². The van der Waals surface area contributed by atoms with E-state index in [1.165, 1.54) is 17.0 Å². The summed E-state index contributed by atoms with van der Waals surface area (Å²) in [6.07, 6.45) is -3.89. The molecule has 11 heteroatoms. The molecule has 3 aliphatic rings. The zero-order valence-corrected chi connectivity index (χ0v) is 16.2. The van der Waals surface area contributed by atoms with Gasteiger partial charge in [-0.25, -0.2) is 8.42 Å². The summed E-state index contributed by atoms with van der Waals surface area (Å²) in [4.78, 5) is 18.0. The van der Waals surface area contributed by atoms with Gasteiger partial charge in [-0.05, 0) is 31.0 Å². The van der Waals surface area contributed by atoms with Gasteiger partial charge >= 0.3 is 6.18 Å². The third kappa shape index (κ3) is 3.79. The lowest BCUT2D eigenvalue weighted by atomic mass is 10.1. The molecule has 1 aromatic carbocycles. The Morgan fingerprint density at radius 3 is 2.75 bits per heavy atom. The molecule has 4 rings (SSSR count). The minimum Gasteiger partial charge on any atom is -0.368 e. The van der Waals surface area contributed by atoms with Crippen molar-refractivity contribution in [1.29, 1.82) is 0 Å². The third-order valence-electron chi connectivity index (χ3n) is 4.93. The van der Waals surface area contributed by atoms with Gasteiger partial charge in [-0.1, -0.05) is 17.8 Å². The van der Waals surface area contributed by atoms with Crippen molar-refractivity contribution in [2.45, 2.75) is 36.4 Å². The molecule has 0 spiro atoms. The summed E-state index contributed by atoms with van der Waals surface area (Å²) in [5.41, 5.74) is -0.671. The molecule has 0 aliphatic carbocycles. The van der Waals surface area contributed by atoms with E-state index in [1.54, 1.807) is 0 Å². The first-order chi connectivity index (χ1) is 13.1. The number of ether oxygens (including phenoxy) is 1. The topological polar surface area (TPSA) is 76.0 Å². The summed E-state index contributed by atoms with van der Waals surface area (Å²) in [6, 6.07) is 4.08. The highest BCUT2D eigenvalue weighted by atomic mass is 32.2. The number of rotatable bonds is 2. The lowest BCUT2D eigenvalue weighted by Gasteiger charge is -2.25. The highest BCUT2D eigenvalue weighted by molar-refractivity contribution is 8.16. The first kappa shape index (κ1) is 19.7. The van der Waals surface area contributed by atoms with Crippen molar-refractivity contribution >= 4 is 38.4 Å². The molecule has 3 heterocycles. The van der Waals surface area contributed by atoms with Crippen LogP contribution >= 0.6 is 11.8 Å². The van der Waals surface area contributed by atoms with Gasteiger partial charge in [-0.15, -0.1) is 0 Å². The Hall–Kier alpha value is -1.59. The highest BCUT2D eigenvalue weighted by Crippen LogP contribution is 2.42. The van der Waals surface area contributed by atoms with Crippen LogP contribution in [0, 0.1) is 0 Å². The summed E-state index contributed by atoms with van der Waals surface area (Å²) in [5.74, 6) is -0.765. The van der Waals surface area contributed by atoms with Gasteiger partial charge in [0.15, 0.2) is 15.0 Å². The quantitative estimate of drug-likeness (QED) is 0.712. The fraction of sp³-hybridized carbons (Fsp3) is 0.529. The molecule has 3 atom stereocenters. The van der Waals surface area contributed by atoms with Gasteiger partial charge in [0, 0.05) is 17.5 Å². The second-order valence-electron chi connectivity index (χ2n) is 6.95. The first-order valence-electron chi connectivity index (χ1n) is 8.72. The molecule has 28 heavy (non-hydrogen) atoms. The Kier molecular flexibility index (Phi) is 4.95. The Bertz CT molecular complexity index is 927. The number of fused-ring (bicyclic) bond motifs is 1. The number of alkyl halides is 3. The SMILES string of the molecule is O=C(N=C1S[C@H]2CS(=O)(=O)C[C@@H]2N1c1cccc(C(F)(F)F)c1)[C@@H]1CCCO1. The average molecular weight is 434 g/mol. The number of sulfone groups is 1. The van der Waals surface area contributed by atoms with Gasteiger partial charge in [-0.2, -0.15) is 18.2 Å². The van der Waals surface area contributed by atoms with Crippen LogP contribution in [0.3, 0.4) is 0 Å². The van der Waals surface area contributed by atoms with Crippen LogP contribution in [-0.4, -0.2) is 55.0 Å². The van der Waals surface area contributed by atoms with Crippen LogP contribution in [-0.2, 0) is 25.5 Å². The second-order valence-corrected chi connectivity index (χ2v) is 10.3. The summed E-state index contributed by atoms with van der Waals surface area (Å²) in [5, 5.41) is -0.152. The number of benzene rings is 1. The maximum atomic E-state index is 13.1. The maximum absolute atomic E-state index is 13.1. The van der Waals surface area contributed by atoms with Crippen molar-refractivity contribution in [2.75, 3.05) is 23.0 Å². The molecule has 0 aromatic heterocycles. The molecule has 0 saturated carbocycles. The van der Waals surface area contributed by atoms with E-state index in [0.717, 1.165) is 30.3 Å². The average Bonchev–Trinajstić information content (AvgIpc) is 3.28. The van der Waals surface area contributed by atoms with Crippen molar-refractivity contribution in [3.8, 4) is 0 Å². The molecule has 3 saturated heterocycles. The van der Waals surface area contributed by atoms with E-state index in [0.29, 0.717) is 13.0 Å². The third-order valence-corrected chi connectivity index (χ3v) is 8.14. The predicted molar refractivity (Wildman–Crippen MR) is 99.2 cm³/mol. The van der Waals surface area contributed by atoms with Crippen LogP contribution in [0.1, 0.15) is 18.4 Å². The number of thioether (sulfide) groups is 1. The van der Waals surface area contributed by atoms with Crippen molar-refractivity contribution < 1.29 is 31.1 Å². The van der Waals surface area contributed by atoms with Crippen LogP contribution < -0.4 is 4.90 Å². The Morgan fingerprint density at radius 2 is 2.07 bits per heavy atom. The molecule has 3 fully saturated rings. The van der Waals surface area contributed by atoms with Crippen LogP contribution in [0.25, 0.3) is 0 Å². The molecule has 0 bridgehead atoms. The standard InChI is InChI=1S/C17H17F3N2O4S2/c18-17(19,20)10-3-1-4-11(7-10)22-12-8-28(24,25)9-14(12)27-16(22)21-15(23)13-5-2-6-26-13/h1,3-4,7,12-14H,2,5-6,8-9H2/t12-,13-,14-/m0/s1. The Balaban J connectivity index is 1.72. The number of amidine groups is 1. The van der Waals surface area contributed by atoms with Crippen LogP contribution in [0.4, 0.5) is 18.9 Å². The normalized spacial score (nSPS) is 30.8. The number of hydrogen-bond acceptors (Lipinski definition) is 5. The maximum Gasteiger partial charge on any atom is 0.416 e. The van der Waals surface area contributed by atoms with Gasteiger partial charge in [0.25, 0.3) is 5.91 Å². The zero-order valence-electron chi connectivity index (χ0n) is 14.6. The summed E-state index contributed by atoms with van der Waals surface area (Å²) < 4.78 is 68.8. The van der Waals surface area contributed by atoms with Gasteiger partial charge in [0.05, 0.1) is 23.1 Å². The van der Waals surface area contributed by atoms with Gasteiger partial charge in [0.2, 0.25) is 0 Å². The highest BCUT2D eigenvalue weighted by Gasteiger charge is 2.50. The predicted octanol–water partition coefficient (Wildman–Crippen LogP) is 2.49. The number of carbonyl (C=O) groups is 1.